The maximum Gasteiger partial charge on any atom is 0.218 e. The number of nitrogens with two attached hydrogens (primary N) is 1. The van der Waals surface area contributed by atoms with Gasteiger partial charge in [0.1, 0.15) is 11.6 Å². The number of nitrogens with zero attached hydrogens (tertiary/aromatic N) is 3. The number of anilines is 1. The summed E-state index contributed by atoms with van der Waals surface area (Å²) in [6.07, 6.45) is 2.39. The standard InChI is InChI=1S/C13H22N4O/c1-3-18-13-7-12(15-10(2)16-13)17-6-4-5-11(8-14)9-17/h7,11H,3-6,8-9,14H2,1-2H3. The molecule has 0 aromatic carbocycles. The molecule has 1 aliphatic rings. The van der Waals surface area contributed by atoms with Gasteiger partial charge >= 0.3 is 0 Å². The van der Waals surface area contributed by atoms with Crippen LogP contribution in [0.5, 0.6) is 5.88 Å². The van der Waals surface area contributed by atoms with Crippen LogP contribution in [0.4, 0.5) is 5.82 Å². The number of rotatable bonds is 4. The molecule has 1 aromatic rings. The molecule has 0 saturated carbocycles. The van der Waals surface area contributed by atoms with Crippen molar-refractivity contribution in [1.29, 1.82) is 0 Å². The monoisotopic (exact) mass is 250 g/mol. The number of aromatic nitrogens is 2. The zero-order valence-corrected chi connectivity index (χ0v) is 11.2. The van der Waals surface area contributed by atoms with Gasteiger partial charge in [0, 0.05) is 19.2 Å². The van der Waals surface area contributed by atoms with Gasteiger partial charge in [-0.15, -0.1) is 0 Å². The molecule has 18 heavy (non-hydrogen) atoms. The molecule has 1 fully saturated rings. The lowest BCUT2D eigenvalue weighted by molar-refractivity contribution is 0.325. The van der Waals surface area contributed by atoms with Crippen LogP contribution in [-0.4, -0.2) is 36.2 Å². The van der Waals surface area contributed by atoms with Crippen molar-refractivity contribution >= 4 is 5.82 Å². The van der Waals surface area contributed by atoms with E-state index in [1.165, 1.54) is 12.8 Å². The molecular weight excluding hydrogens is 228 g/mol. The fourth-order valence-electron chi connectivity index (χ4n) is 2.37. The van der Waals surface area contributed by atoms with Crippen molar-refractivity contribution in [3.63, 3.8) is 0 Å². The predicted octanol–water partition coefficient (Wildman–Crippen LogP) is 1.36. The summed E-state index contributed by atoms with van der Waals surface area (Å²) >= 11 is 0. The van der Waals surface area contributed by atoms with Crippen molar-refractivity contribution in [2.45, 2.75) is 26.7 Å². The third-order valence-electron chi connectivity index (χ3n) is 3.27. The summed E-state index contributed by atoms with van der Waals surface area (Å²) in [7, 11) is 0. The molecule has 1 unspecified atom stereocenters. The summed E-state index contributed by atoms with van der Waals surface area (Å²) in [5.74, 6) is 2.95. The van der Waals surface area contributed by atoms with E-state index in [4.69, 9.17) is 10.5 Å². The van der Waals surface area contributed by atoms with Crippen molar-refractivity contribution in [3.8, 4) is 5.88 Å². The van der Waals surface area contributed by atoms with E-state index in [-0.39, 0.29) is 0 Å². The Morgan fingerprint density at radius 1 is 1.50 bits per heavy atom. The summed E-state index contributed by atoms with van der Waals surface area (Å²) in [4.78, 5) is 11.1. The van der Waals surface area contributed by atoms with Crippen molar-refractivity contribution in [2.24, 2.45) is 11.7 Å². The second-order valence-electron chi connectivity index (χ2n) is 4.73. The second-order valence-corrected chi connectivity index (χ2v) is 4.73. The molecule has 0 aliphatic carbocycles. The van der Waals surface area contributed by atoms with Crippen LogP contribution in [0.3, 0.4) is 0 Å². The number of hydrogen-bond donors (Lipinski definition) is 1. The Bertz CT molecular complexity index is 397. The second kappa shape index (κ2) is 6.00. The zero-order chi connectivity index (χ0) is 13.0. The largest absolute Gasteiger partial charge is 0.478 e. The maximum absolute atomic E-state index is 5.77. The molecule has 5 nitrogen and oxygen atoms in total. The third kappa shape index (κ3) is 3.10. The predicted molar refractivity (Wildman–Crippen MR) is 71.9 cm³/mol. The summed E-state index contributed by atoms with van der Waals surface area (Å²) < 4.78 is 5.47. The fraction of sp³-hybridized carbons (Fsp3) is 0.692. The molecule has 2 rings (SSSR count). The Hall–Kier alpha value is -1.36. The Labute approximate surface area is 108 Å². The van der Waals surface area contributed by atoms with Crippen molar-refractivity contribution in [2.75, 3.05) is 31.1 Å². The van der Waals surface area contributed by atoms with Crippen LogP contribution in [-0.2, 0) is 0 Å². The van der Waals surface area contributed by atoms with Gasteiger partial charge in [-0.2, -0.15) is 4.98 Å². The highest BCUT2D eigenvalue weighted by molar-refractivity contribution is 5.42. The first-order valence-electron chi connectivity index (χ1n) is 6.66. The molecule has 100 valence electrons. The molecule has 2 N–H and O–H groups in total. The molecule has 1 atom stereocenters. The number of hydrogen-bond acceptors (Lipinski definition) is 5. The van der Waals surface area contributed by atoms with Gasteiger partial charge in [-0.05, 0) is 39.2 Å². The fourth-order valence-corrected chi connectivity index (χ4v) is 2.37. The molecule has 1 aromatic heterocycles. The first kappa shape index (κ1) is 13.1. The van der Waals surface area contributed by atoms with Gasteiger partial charge in [-0.1, -0.05) is 0 Å². The van der Waals surface area contributed by atoms with E-state index in [1.54, 1.807) is 0 Å². The molecule has 0 radical (unpaired) electrons. The molecular formula is C13H22N4O. The molecule has 0 bridgehead atoms. The van der Waals surface area contributed by atoms with E-state index in [2.05, 4.69) is 14.9 Å². The van der Waals surface area contributed by atoms with Gasteiger partial charge in [0.2, 0.25) is 5.88 Å². The number of ether oxygens (including phenoxy) is 1. The lowest BCUT2D eigenvalue weighted by atomic mass is 9.98. The highest BCUT2D eigenvalue weighted by Gasteiger charge is 2.20. The van der Waals surface area contributed by atoms with E-state index in [9.17, 15) is 0 Å². The van der Waals surface area contributed by atoms with E-state index in [0.717, 1.165) is 31.3 Å². The van der Waals surface area contributed by atoms with Crippen LogP contribution in [0.1, 0.15) is 25.6 Å². The molecule has 1 aliphatic heterocycles. The van der Waals surface area contributed by atoms with Crippen LogP contribution >= 0.6 is 0 Å². The minimum atomic E-state index is 0.574. The van der Waals surface area contributed by atoms with Crippen LogP contribution in [0.2, 0.25) is 0 Å². The van der Waals surface area contributed by atoms with E-state index < -0.39 is 0 Å². The zero-order valence-electron chi connectivity index (χ0n) is 11.2. The van der Waals surface area contributed by atoms with E-state index in [1.807, 2.05) is 19.9 Å². The Kier molecular flexibility index (Phi) is 4.36. The van der Waals surface area contributed by atoms with Crippen molar-refractivity contribution in [1.82, 2.24) is 9.97 Å². The van der Waals surface area contributed by atoms with Crippen LogP contribution in [0, 0.1) is 12.8 Å². The van der Waals surface area contributed by atoms with Gasteiger partial charge in [-0.3, -0.25) is 0 Å². The lowest BCUT2D eigenvalue weighted by Gasteiger charge is -2.33. The van der Waals surface area contributed by atoms with Gasteiger partial charge < -0.3 is 15.4 Å². The average Bonchev–Trinajstić information content (AvgIpc) is 2.38. The number of piperidine rings is 1. The number of aryl methyl sites for hydroxylation is 1. The Morgan fingerprint density at radius 2 is 2.33 bits per heavy atom. The first-order chi connectivity index (χ1) is 8.72. The molecule has 0 spiro atoms. The van der Waals surface area contributed by atoms with Crippen LogP contribution in [0.15, 0.2) is 6.07 Å². The summed E-state index contributed by atoms with van der Waals surface area (Å²) in [5, 5.41) is 0. The van der Waals surface area contributed by atoms with E-state index in [0.29, 0.717) is 18.4 Å². The van der Waals surface area contributed by atoms with Gasteiger partial charge in [0.15, 0.2) is 0 Å². The molecule has 5 heteroatoms. The SMILES string of the molecule is CCOc1cc(N2CCCC(CN)C2)nc(C)n1. The molecule has 0 amide bonds. The Balaban J connectivity index is 2.16. The van der Waals surface area contributed by atoms with Crippen molar-refractivity contribution in [3.05, 3.63) is 11.9 Å². The summed E-state index contributed by atoms with van der Waals surface area (Å²) in [6.45, 7) is 7.26. The van der Waals surface area contributed by atoms with Gasteiger partial charge in [-0.25, -0.2) is 4.98 Å². The minimum absolute atomic E-state index is 0.574. The lowest BCUT2D eigenvalue weighted by Crippen LogP contribution is -2.38. The van der Waals surface area contributed by atoms with Crippen molar-refractivity contribution < 1.29 is 4.74 Å². The Morgan fingerprint density at radius 3 is 3.06 bits per heavy atom. The van der Waals surface area contributed by atoms with E-state index >= 15 is 0 Å². The minimum Gasteiger partial charge on any atom is -0.478 e. The molecule has 2 heterocycles. The average molecular weight is 250 g/mol. The smallest absolute Gasteiger partial charge is 0.218 e. The van der Waals surface area contributed by atoms with Crippen LogP contribution < -0.4 is 15.4 Å². The maximum atomic E-state index is 5.77. The summed E-state index contributed by atoms with van der Waals surface area (Å²) in [6, 6.07) is 1.93. The van der Waals surface area contributed by atoms with Gasteiger partial charge in [0.05, 0.1) is 6.61 Å². The third-order valence-corrected chi connectivity index (χ3v) is 3.27. The normalized spacial score (nSPS) is 19.9. The summed E-state index contributed by atoms with van der Waals surface area (Å²) in [5.41, 5.74) is 5.77. The topological polar surface area (TPSA) is 64.3 Å². The highest BCUT2D eigenvalue weighted by atomic mass is 16.5. The highest BCUT2D eigenvalue weighted by Crippen LogP contribution is 2.23. The van der Waals surface area contributed by atoms with Gasteiger partial charge in [0.25, 0.3) is 0 Å². The molecule has 1 saturated heterocycles. The first-order valence-corrected chi connectivity index (χ1v) is 6.66. The van der Waals surface area contributed by atoms with Crippen LogP contribution in [0.25, 0.3) is 0 Å². The quantitative estimate of drug-likeness (QED) is 0.874.